The van der Waals surface area contributed by atoms with Crippen molar-refractivity contribution in [2.45, 2.75) is 52.2 Å². The van der Waals surface area contributed by atoms with Gasteiger partial charge in [-0.15, -0.1) is 0 Å². The molecular weight excluding hydrogens is 462 g/mol. The highest BCUT2D eigenvalue weighted by atomic mass is 16.5. The first-order chi connectivity index (χ1) is 17.9. The van der Waals surface area contributed by atoms with Crippen LogP contribution >= 0.6 is 0 Å². The quantitative estimate of drug-likeness (QED) is 0.413. The van der Waals surface area contributed by atoms with Gasteiger partial charge in [0.05, 0.1) is 24.4 Å². The summed E-state index contributed by atoms with van der Waals surface area (Å²) in [7, 11) is 0. The Morgan fingerprint density at radius 3 is 2.57 bits per heavy atom. The van der Waals surface area contributed by atoms with E-state index >= 15 is 0 Å². The third-order valence-electron chi connectivity index (χ3n) is 7.93. The van der Waals surface area contributed by atoms with E-state index in [1.54, 1.807) is 0 Å². The summed E-state index contributed by atoms with van der Waals surface area (Å²) in [5.41, 5.74) is 6.30. The highest BCUT2D eigenvalue weighted by Gasteiger charge is 2.28. The summed E-state index contributed by atoms with van der Waals surface area (Å²) in [6, 6.07) is 4.92. The number of aromatic nitrogens is 5. The third kappa shape index (κ3) is 4.76. The van der Waals surface area contributed by atoms with Crippen LogP contribution in [0.5, 0.6) is 0 Å². The van der Waals surface area contributed by atoms with Crippen LogP contribution in [0.2, 0.25) is 0 Å². The number of nitrogens with one attached hydrogen (secondary N) is 1. The molecule has 2 fully saturated rings. The first-order valence-electron chi connectivity index (χ1n) is 13.5. The normalized spacial score (nSPS) is 19.1. The Morgan fingerprint density at radius 1 is 1.03 bits per heavy atom. The topological polar surface area (TPSA) is 75.1 Å². The molecule has 0 unspecified atom stereocenters. The number of hydrogen-bond acceptors (Lipinski definition) is 6. The van der Waals surface area contributed by atoms with Crippen LogP contribution in [-0.2, 0) is 4.74 Å². The number of pyridine rings is 2. The van der Waals surface area contributed by atoms with Crippen molar-refractivity contribution in [2.75, 3.05) is 44.2 Å². The van der Waals surface area contributed by atoms with Crippen molar-refractivity contribution < 1.29 is 4.74 Å². The summed E-state index contributed by atoms with van der Waals surface area (Å²) in [4.78, 5) is 17.8. The van der Waals surface area contributed by atoms with Crippen molar-refractivity contribution in [1.82, 2.24) is 29.6 Å². The van der Waals surface area contributed by atoms with Gasteiger partial charge in [0.1, 0.15) is 11.5 Å². The van der Waals surface area contributed by atoms with Crippen molar-refractivity contribution in [3.8, 4) is 22.3 Å². The van der Waals surface area contributed by atoms with E-state index in [1.807, 2.05) is 18.6 Å². The number of hydrogen-bond donors (Lipinski definition) is 1. The van der Waals surface area contributed by atoms with Gasteiger partial charge in [0.25, 0.3) is 0 Å². The number of nitrogens with zero attached hydrogens (tertiary/aromatic N) is 6. The number of fused-ring (bicyclic) bond motifs is 1. The molecule has 6 rings (SSSR count). The molecule has 1 N–H and O–H groups in total. The fraction of sp³-hybridized carbons (Fsp3) is 0.483. The Labute approximate surface area is 218 Å². The lowest BCUT2D eigenvalue weighted by Crippen LogP contribution is -2.48. The maximum Gasteiger partial charge on any atom is 0.137 e. The first kappa shape index (κ1) is 24.1. The van der Waals surface area contributed by atoms with Crippen LogP contribution in [0, 0.1) is 6.92 Å². The number of rotatable bonds is 5. The van der Waals surface area contributed by atoms with Crippen molar-refractivity contribution in [1.29, 1.82) is 0 Å². The zero-order chi connectivity index (χ0) is 25.6. The van der Waals surface area contributed by atoms with Crippen molar-refractivity contribution >= 4 is 16.9 Å². The summed E-state index contributed by atoms with van der Waals surface area (Å²) in [5.74, 6) is 1.04. The number of morpholine rings is 1. The van der Waals surface area contributed by atoms with Crippen LogP contribution in [0.3, 0.4) is 0 Å². The molecule has 2 aliphatic rings. The van der Waals surface area contributed by atoms with Gasteiger partial charge in [0.2, 0.25) is 0 Å². The van der Waals surface area contributed by atoms with E-state index in [4.69, 9.17) is 19.8 Å². The van der Waals surface area contributed by atoms with E-state index in [0.29, 0.717) is 6.04 Å². The van der Waals surface area contributed by atoms with Crippen LogP contribution in [0.15, 0.2) is 43.1 Å². The maximum atomic E-state index is 5.89. The van der Waals surface area contributed by atoms with Gasteiger partial charge in [-0.1, -0.05) is 6.92 Å². The molecule has 4 aromatic heterocycles. The SMILES string of the molecule is CCN1CCC(n2cc(-c3c[nH]c4ncc(-c5cnc(N6CCOC(C)(C)C6)c(C)c5)cc34)cn2)CC1. The smallest absolute Gasteiger partial charge is 0.137 e. The standard InChI is InChI=1S/C29H37N7O/c1-5-34-8-6-24(7-9-34)36-18-23(16-33-36)26-17-31-27-25(26)13-22(14-30-27)21-12-20(2)28(32-15-21)35-10-11-37-29(3,4)19-35/h12-18,24H,5-11,19H2,1-4H3,(H,30,31). The number of anilines is 1. The lowest BCUT2D eigenvalue weighted by atomic mass is 10.0. The number of ether oxygens (including phenoxy) is 1. The minimum atomic E-state index is -0.161. The molecular formula is C29H37N7O. The van der Waals surface area contributed by atoms with Gasteiger partial charge < -0.3 is 19.5 Å². The maximum absolute atomic E-state index is 5.89. The zero-order valence-electron chi connectivity index (χ0n) is 22.4. The molecule has 0 atom stereocenters. The predicted octanol–water partition coefficient (Wildman–Crippen LogP) is 5.07. The molecule has 0 amide bonds. The summed E-state index contributed by atoms with van der Waals surface area (Å²) >= 11 is 0. The molecule has 0 aromatic carbocycles. The molecule has 0 bridgehead atoms. The van der Waals surface area contributed by atoms with Crippen molar-refractivity contribution in [2.24, 2.45) is 0 Å². The Bertz CT molecular complexity index is 1400. The molecule has 8 nitrogen and oxygen atoms in total. The number of aromatic amines is 1. The second-order valence-electron chi connectivity index (χ2n) is 11.1. The zero-order valence-corrected chi connectivity index (χ0v) is 22.4. The third-order valence-corrected chi connectivity index (χ3v) is 7.93. The minimum absolute atomic E-state index is 0.161. The predicted molar refractivity (Wildman–Crippen MR) is 148 cm³/mol. The van der Waals surface area contributed by atoms with Crippen LogP contribution in [0.1, 0.15) is 45.2 Å². The summed E-state index contributed by atoms with van der Waals surface area (Å²) in [6.45, 7) is 14.5. The van der Waals surface area contributed by atoms with E-state index in [9.17, 15) is 0 Å². The van der Waals surface area contributed by atoms with Crippen LogP contribution in [0.25, 0.3) is 33.3 Å². The molecule has 8 heteroatoms. The number of likely N-dealkylation sites (tertiary alicyclic amines) is 1. The van der Waals surface area contributed by atoms with E-state index < -0.39 is 0 Å². The van der Waals surface area contributed by atoms with E-state index in [2.05, 4.69) is 71.7 Å². The van der Waals surface area contributed by atoms with Crippen molar-refractivity contribution in [3.05, 3.63) is 48.7 Å². The average molecular weight is 500 g/mol. The van der Waals surface area contributed by atoms with Gasteiger partial charge in [0, 0.05) is 78.6 Å². The highest BCUT2D eigenvalue weighted by molar-refractivity contribution is 5.95. The van der Waals surface area contributed by atoms with Crippen LogP contribution < -0.4 is 4.90 Å². The van der Waals surface area contributed by atoms with Crippen molar-refractivity contribution in [3.63, 3.8) is 0 Å². The highest BCUT2D eigenvalue weighted by Crippen LogP contribution is 2.33. The van der Waals surface area contributed by atoms with Crippen LogP contribution in [-0.4, -0.2) is 74.6 Å². The van der Waals surface area contributed by atoms with E-state index in [0.717, 1.165) is 91.3 Å². The fourth-order valence-electron chi connectivity index (χ4n) is 5.83. The number of piperidine rings is 1. The van der Waals surface area contributed by atoms with Gasteiger partial charge in [-0.2, -0.15) is 5.10 Å². The average Bonchev–Trinajstić information content (AvgIpc) is 3.55. The number of aryl methyl sites for hydroxylation is 1. The Balaban J connectivity index is 1.26. The molecule has 0 radical (unpaired) electrons. The van der Waals surface area contributed by atoms with Crippen LogP contribution in [0.4, 0.5) is 5.82 Å². The molecule has 2 aliphatic heterocycles. The molecule has 2 saturated heterocycles. The fourth-order valence-corrected chi connectivity index (χ4v) is 5.83. The summed E-state index contributed by atoms with van der Waals surface area (Å²) < 4.78 is 8.05. The summed E-state index contributed by atoms with van der Waals surface area (Å²) in [5, 5.41) is 5.86. The molecule has 6 heterocycles. The molecule has 0 aliphatic carbocycles. The van der Waals surface area contributed by atoms with Gasteiger partial charge in [-0.25, -0.2) is 9.97 Å². The Morgan fingerprint density at radius 2 is 1.81 bits per heavy atom. The molecule has 4 aromatic rings. The van der Waals surface area contributed by atoms with E-state index in [-0.39, 0.29) is 5.60 Å². The molecule has 0 saturated carbocycles. The Kier molecular flexibility index (Phi) is 6.24. The molecule has 0 spiro atoms. The van der Waals surface area contributed by atoms with Gasteiger partial charge in [-0.05, 0) is 57.9 Å². The largest absolute Gasteiger partial charge is 0.372 e. The summed E-state index contributed by atoms with van der Waals surface area (Å²) in [6.07, 6.45) is 12.5. The minimum Gasteiger partial charge on any atom is -0.372 e. The molecule has 194 valence electrons. The number of H-pyrrole nitrogens is 1. The monoisotopic (exact) mass is 499 g/mol. The molecule has 37 heavy (non-hydrogen) atoms. The van der Waals surface area contributed by atoms with Gasteiger partial charge in [-0.3, -0.25) is 4.68 Å². The van der Waals surface area contributed by atoms with Gasteiger partial charge >= 0.3 is 0 Å². The lowest BCUT2D eigenvalue weighted by Gasteiger charge is -2.39. The van der Waals surface area contributed by atoms with Gasteiger partial charge in [0.15, 0.2) is 0 Å². The Hall–Kier alpha value is -3.23. The first-order valence-corrected chi connectivity index (χ1v) is 13.5. The second kappa shape index (κ2) is 9.58. The lowest BCUT2D eigenvalue weighted by molar-refractivity contribution is -0.0279. The second-order valence-corrected chi connectivity index (χ2v) is 11.1. The van der Waals surface area contributed by atoms with E-state index in [1.165, 1.54) is 5.56 Å².